The van der Waals surface area contributed by atoms with E-state index in [2.05, 4.69) is 10.6 Å². The molecule has 2 amide bonds. The maximum Gasteiger partial charge on any atom is 0.330 e. The van der Waals surface area contributed by atoms with Crippen molar-refractivity contribution >= 4 is 19.4 Å². The highest BCUT2D eigenvalue weighted by Crippen LogP contribution is 2.48. The Kier molecular flexibility index (Phi) is 10.1. The van der Waals surface area contributed by atoms with Crippen LogP contribution in [-0.2, 0) is 13.6 Å². The molecule has 0 aromatic heterocycles. The number of hydrogen-bond acceptors (Lipinski definition) is 6. The summed E-state index contributed by atoms with van der Waals surface area (Å²) < 4.78 is 22.7. The number of carbonyl (C=O) groups excluding carboxylic acids is 2. The smallest absolute Gasteiger partial charge is 0.330 e. The predicted octanol–water partition coefficient (Wildman–Crippen LogP) is 1.79. The van der Waals surface area contributed by atoms with E-state index in [1.54, 1.807) is 38.1 Å². The van der Waals surface area contributed by atoms with Crippen molar-refractivity contribution in [1.29, 1.82) is 0 Å². The fraction of sp³-hybridized carbons (Fsp3) is 0.529. The van der Waals surface area contributed by atoms with E-state index in [-0.39, 0.29) is 37.0 Å². The normalized spacial score (nSPS) is 11.2. The number of hydrogen-bond donors (Lipinski definition) is 3. The molecule has 0 aliphatic rings. The standard InChI is InChI=1S/C17H27N2O6P/c1-3-24-26(23,25-4-2)13-7-10-18-16(21)14-8-5-6-9-15(14)17(22)19-11-12-20/h5-6,8-9,20H,3-4,7,10-13H2,1-2H3,(H,18,21)(H,19,22). The lowest BCUT2D eigenvalue weighted by Gasteiger charge is -2.17. The van der Waals surface area contributed by atoms with Gasteiger partial charge in [0.25, 0.3) is 11.8 Å². The minimum Gasteiger partial charge on any atom is -0.395 e. The maximum absolute atomic E-state index is 12.3. The van der Waals surface area contributed by atoms with Gasteiger partial charge in [-0.2, -0.15) is 0 Å². The molecule has 0 bridgehead atoms. The molecular weight excluding hydrogens is 359 g/mol. The Balaban J connectivity index is 2.61. The molecule has 0 saturated heterocycles. The van der Waals surface area contributed by atoms with Gasteiger partial charge in [0.05, 0.1) is 37.1 Å². The maximum atomic E-state index is 12.3. The van der Waals surface area contributed by atoms with Crippen LogP contribution in [0.3, 0.4) is 0 Å². The summed E-state index contributed by atoms with van der Waals surface area (Å²) in [5, 5.41) is 14.0. The zero-order chi connectivity index (χ0) is 19.4. The van der Waals surface area contributed by atoms with Gasteiger partial charge in [-0.3, -0.25) is 14.2 Å². The first-order chi connectivity index (χ1) is 12.5. The molecule has 8 nitrogen and oxygen atoms in total. The first-order valence-electron chi connectivity index (χ1n) is 8.61. The molecule has 0 unspecified atom stereocenters. The van der Waals surface area contributed by atoms with Crippen LogP contribution in [0.25, 0.3) is 0 Å². The second-order valence-electron chi connectivity index (χ2n) is 5.30. The molecular formula is C17H27N2O6P. The molecule has 146 valence electrons. The third-order valence-corrected chi connectivity index (χ3v) is 5.53. The molecule has 0 heterocycles. The molecule has 0 aliphatic heterocycles. The van der Waals surface area contributed by atoms with E-state index in [0.29, 0.717) is 19.6 Å². The SMILES string of the molecule is CCOP(=O)(CCCNC(=O)c1ccccc1C(=O)NCCO)OCC. The van der Waals surface area contributed by atoms with Gasteiger partial charge < -0.3 is 24.8 Å². The van der Waals surface area contributed by atoms with Crippen LogP contribution >= 0.6 is 7.60 Å². The van der Waals surface area contributed by atoms with Gasteiger partial charge in [0.2, 0.25) is 0 Å². The van der Waals surface area contributed by atoms with Gasteiger partial charge in [0.1, 0.15) is 0 Å². The Morgan fingerprint density at radius 3 is 1.96 bits per heavy atom. The van der Waals surface area contributed by atoms with Crippen molar-refractivity contribution in [2.75, 3.05) is 39.1 Å². The molecule has 0 radical (unpaired) electrons. The molecule has 0 aliphatic carbocycles. The zero-order valence-corrected chi connectivity index (χ0v) is 16.1. The summed E-state index contributed by atoms with van der Waals surface area (Å²) in [6.45, 7) is 4.27. The van der Waals surface area contributed by atoms with Gasteiger partial charge in [0, 0.05) is 13.1 Å². The van der Waals surface area contributed by atoms with Gasteiger partial charge in [-0.05, 0) is 32.4 Å². The van der Waals surface area contributed by atoms with Gasteiger partial charge in [-0.25, -0.2) is 0 Å². The molecule has 26 heavy (non-hydrogen) atoms. The highest BCUT2D eigenvalue weighted by molar-refractivity contribution is 7.53. The van der Waals surface area contributed by atoms with Gasteiger partial charge >= 0.3 is 7.60 Å². The van der Waals surface area contributed by atoms with Crippen molar-refractivity contribution in [3.8, 4) is 0 Å². The van der Waals surface area contributed by atoms with Crippen molar-refractivity contribution in [3.63, 3.8) is 0 Å². The first kappa shape index (κ1) is 22.3. The number of carbonyl (C=O) groups is 2. The molecule has 0 atom stereocenters. The van der Waals surface area contributed by atoms with Gasteiger partial charge in [-0.15, -0.1) is 0 Å². The predicted molar refractivity (Wildman–Crippen MR) is 98.5 cm³/mol. The second kappa shape index (κ2) is 11.8. The summed E-state index contributed by atoms with van der Waals surface area (Å²) in [7, 11) is -3.13. The van der Waals surface area contributed by atoms with Crippen LogP contribution in [0.1, 0.15) is 41.0 Å². The minimum atomic E-state index is -3.13. The quantitative estimate of drug-likeness (QED) is 0.373. The Labute approximate surface area is 153 Å². The summed E-state index contributed by atoms with van der Waals surface area (Å²) in [6, 6.07) is 6.41. The number of rotatable bonds is 12. The Hall–Kier alpha value is -1.73. The van der Waals surface area contributed by atoms with E-state index in [1.807, 2.05) is 0 Å². The lowest BCUT2D eigenvalue weighted by atomic mass is 10.1. The van der Waals surface area contributed by atoms with E-state index >= 15 is 0 Å². The van der Waals surface area contributed by atoms with Crippen molar-refractivity contribution in [3.05, 3.63) is 35.4 Å². The van der Waals surface area contributed by atoms with Crippen LogP contribution in [0.4, 0.5) is 0 Å². The Morgan fingerprint density at radius 1 is 1.00 bits per heavy atom. The topological polar surface area (TPSA) is 114 Å². The Morgan fingerprint density at radius 2 is 1.50 bits per heavy atom. The third-order valence-electron chi connectivity index (χ3n) is 3.36. The van der Waals surface area contributed by atoms with E-state index in [1.165, 1.54) is 0 Å². The van der Waals surface area contributed by atoms with E-state index in [4.69, 9.17) is 14.2 Å². The molecule has 9 heteroatoms. The first-order valence-corrected chi connectivity index (χ1v) is 10.3. The lowest BCUT2D eigenvalue weighted by Crippen LogP contribution is -2.31. The number of aliphatic hydroxyl groups is 1. The minimum absolute atomic E-state index is 0.110. The second-order valence-corrected chi connectivity index (χ2v) is 7.49. The van der Waals surface area contributed by atoms with Gasteiger partial charge in [-0.1, -0.05) is 12.1 Å². The van der Waals surface area contributed by atoms with E-state index in [0.717, 1.165) is 0 Å². The highest BCUT2D eigenvalue weighted by atomic mass is 31.2. The number of amides is 2. The molecule has 1 rings (SSSR count). The van der Waals surface area contributed by atoms with E-state index < -0.39 is 19.4 Å². The van der Waals surface area contributed by atoms with Crippen LogP contribution in [0, 0.1) is 0 Å². The molecule has 0 saturated carbocycles. The van der Waals surface area contributed by atoms with Crippen LogP contribution in [-0.4, -0.2) is 56.0 Å². The molecule has 1 aromatic carbocycles. The highest BCUT2D eigenvalue weighted by Gasteiger charge is 2.23. The lowest BCUT2D eigenvalue weighted by molar-refractivity contribution is 0.0915. The summed E-state index contributed by atoms with van der Waals surface area (Å²) in [5.41, 5.74) is 0.466. The number of aliphatic hydroxyl groups excluding tert-OH is 1. The Bertz CT molecular complexity index is 627. The number of benzene rings is 1. The van der Waals surface area contributed by atoms with Crippen molar-refractivity contribution in [1.82, 2.24) is 10.6 Å². The summed E-state index contributed by atoms with van der Waals surface area (Å²) >= 11 is 0. The van der Waals surface area contributed by atoms with Gasteiger partial charge in [0.15, 0.2) is 0 Å². The molecule has 1 aromatic rings. The summed E-state index contributed by atoms with van der Waals surface area (Å²) in [6.07, 6.45) is 0.621. The summed E-state index contributed by atoms with van der Waals surface area (Å²) in [5.74, 6) is -0.829. The van der Waals surface area contributed by atoms with Crippen molar-refractivity contribution in [2.45, 2.75) is 20.3 Å². The fourth-order valence-electron chi connectivity index (χ4n) is 2.27. The van der Waals surface area contributed by atoms with Crippen LogP contribution in [0.15, 0.2) is 24.3 Å². The monoisotopic (exact) mass is 386 g/mol. The van der Waals surface area contributed by atoms with Crippen molar-refractivity contribution in [2.24, 2.45) is 0 Å². The summed E-state index contributed by atoms with van der Waals surface area (Å²) in [4.78, 5) is 24.4. The third kappa shape index (κ3) is 7.25. The average Bonchev–Trinajstić information content (AvgIpc) is 2.63. The number of nitrogens with one attached hydrogen (secondary N) is 2. The van der Waals surface area contributed by atoms with Crippen LogP contribution in [0.2, 0.25) is 0 Å². The van der Waals surface area contributed by atoms with Crippen LogP contribution < -0.4 is 10.6 Å². The van der Waals surface area contributed by atoms with Crippen molar-refractivity contribution < 1.29 is 28.3 Å². The molecule has 0 spiro atoms. The zero-order valence-electron chi connectivity index (χ0n) is 15.2. The molecule has 3 N–H and O–H groups in total. The van der Waals surface area contributed by atoms with Crippen LogP contribution in [0.5, 0.6) is 0 Å². The largest absolute Gasteiger partial charge is 0.395 e. The fourth-order valence-corrected chi connectivity index (χ4v) is 3.94. The molecule has 0 fully saturated rings. The van der Waals surface area contributed by atoms with E-state index in [9.17, 15) is 14.2 Å². The average molecular weight is 386 g/mol.